The average molecular weight is 313 g/mol. The van der Waals surface area contributed by atoms with E-state index in [1.54, 1.807) is 18.2 Å². The largest absolute Gasteiger partial charge is 0.480 e. The number of fused-ring (bicyclic) bond motifs is 1. The molecule has 0 fully saturated rings. The molecule has 0 saturated heterocycles. The van der Waals surface area contributed by atoms with E-state index < -0.39 is 29.6 Å². The van der Waals surface area contributed by atoms with E-state index >= 15 is 0 Å². The van der Waals surface area contributed by atoms with Gasteiger partial charge in [0.15, 0.2) is 0 Å². The van der Waals surface area contributed by atoms with Crippen LogP contribution in [0.1, 0.15) is 26.3 Å². The van der Waals surface area contributed by atoms with Gasteiger partial charge in [0.1, 0.15) is 11.9 Å². The number of hydrogen-bond donors (Lipinski definition) is 1. The molecule has 0 radical (unpaired) electrons. The second-order valence-electron chi connectivity index (χ2n) is 5.21. The lowest BCUT2D eigenvalue weighted by molar-refractivity contribution is -0.141. The average Bonchev–Trinajstić information content (AvgIpc) is 2.77. The van der Waals surface area contributed by atoms with Crippen LogP contribution in [0.5, 0.6) is 0 Å². The number of halogens is 1. The van der Waals surface area contributed by atoms with Crippen molar-refractivity contribution in [2.45, 2.75) is 12.5 Å². The predicted octanol–water partition coefficient (Wildman–Crippen LogP) is 2.12. The highest BCUT2D eigenvalue weighted by Crippen LogP contribution is 2.26. The molecule has 5 nitrogen and oxygen atoms in total. The van der Waals surface area contributed by atoms with E-state index in [4.69, 9.17) is 0 Å². The molecule has 0 aliphatic carbocycles. The summed E-state index contributed by atoms with van der Waals surface area (Å²) in [7, 11) is 0. The zero-order chi connectivity index (χ0) is 16.6. The van der Waals surface area contributed by atoms with Crippen molar-refractivity contribution in [3.63, 3.8) is 0 Å². The van der Waals surface area contributed by atoms with Gasteiger partial charge in [0.2, 0.25) is 0 Å². The highest BCUT2D eigenvalue weighted by molar-refractivity contribution is 6.22. The molecule has 0 aromatic heterocycles. The number of hydrogen-bond acceptors (Lipinski definition) is 3. The molecule has 3 rings (SSSR count). The van der Waals surface area contributed by atoms with Gasteiger partial charge in [0.25, 0.3) is 11.8 Å². The Morgan fingerprint density at radius 1 is 1.04 bits per heavy atom. The summed E-state index contributed by atoms with van der Waals surface area (Å²) in [6.07, 6.45) is -0.154. The number of benzene rings is 2. The van der Waals surface area contributed by atoms with Crippen LogP contribution in [0, 0.1) is 5.82 Å². The third-order valence-electron chi connectivity index (χ3n) is 3.74. The van der Waals surface area contributed by atoms with Crippen LogP contribution in [0.3, 0.4) is 0 Å². The summed E-state index contributed by atoms with van der Waals surface area (Å²) < 4.78 is 13.3. The molecular weight excluding hydrogens is 301 g/mol. The van der Waals surface area contributed by atoms with Crippen molar-refractivity contribution < 1.29 is 23.9 Å². The molecule has 1 heterocycles. The third-order valence-corrected chi connectivity index (χ3v) is 3.74. The highest BCUT2D eigenvalue weighted by Gasteiger charge is 2.42. The van der Waals surface area contributed by atoms with E-state index in [2.05, 4.69) is 0 Å². The smallest absolute Gasteiger partial charge is 0.327 e. The molecule has 1 aliphatic rings. The van der Waals surface area contributed by atoms with Gasteiger partial charge in [-0.2, -0.15) is 0 Å². The predicted molar refractivity (Wildman–Crippen MR) is 78.5 cm³/mol. The van der Waals surface area contributed by atoms with Crippen molar-refractivity contribution in [3.05, 3.63) is 71.0 Å². The first-order chi connectivity index (χ1) is 11.0. The fraction of sp³-hybridized carbons (Fsp3) is 0.118. The number of carbonyl (C=O) groups is 3. The lowest BCUT2D eigenvalue weighted by Gasteiger charge is -2.22. The maximum absolute atomic E-state index is 13.3. The summed E-state index contributed by atoms with van der Waals surface area (Å²) in [5, 5.41) is 9.44. The van der Waals surface area contributed by atoms with Crippen molar-refractivity contribution in [3.8, 4) is 0 Å². The normalized spacial score (nSPS) is 14.7. The minimum atomic E-state index is -1.39. The minimum Gasteiger partial charge on any atom is -0.480 e. The summed E-state index contributed by atoms with van der Waals surface area (Å²) in [4.78, 5) is 37.1. The molecule has 0 bridgehead atoms. The molecule has 6 heteroatoms. The second-order valence-corrected chi connectivity index (χ2v) is 5.21. The lowest BCUT2D eigenvalue weighted by Crippen LogP contribution is -2.46. The minimum absolute atomic E-state index is 0.154. The number of carboxylic acid groups (broad SMARTS) is 1. The molecular formula is C17H12FNO4. The van der Waals surface area contributed by atoms with Crippen LogP contribution in [0.4, 0.5) is 4.39 Å². The topological polar surface area (TPSA) is 74.7 Å². The zero-order valence-electron chi connectivity index (χ0n) is 11.9. The lowest BCUT2D eigenvalue weighted by atomic mass is 10.0. The Morgan fingerprint density at radius 3 is 2.17 bits per heavy atom. The van der Waals surface area contributed by atoms with E-state index in [1.165, 1.54) is 30.3 Å². The van der Waals surface area contributed by atoms with Gasteiger partial charge in [-0.25, -0.2) is 9.18 Å². The summed E-state index contributed by atoms with van der Waals surface area (Å²) in [6, 6.07) is 10.2. The Labute approximate surface area is 131 Å². The van der Waals surface area contributed by atoms with Crippen LogP contribution in [0.2, 0.25) is 0 Å². The van der Waals surface area contributed by atoms with Gasteiger partial charge < -0.3 is 5.11 Å². The second kappa shape index (κ2) is 5.64. The van der Waals surface area contributed by atoms with Crippen molar-refractivity contribution in [2.24, 2.45) is 0 Å². The van der Waals surface area contributed by atoms with Crippen LogP contribution in [0.25, 0.3) is 0 Å². The molecule has 2 aromatic carbocycles. The van der Waals surface area contributed by atoms with Crippen molar-refractivity contribution in [1.82, 2.24) is 4.90 Å². The van der Waals surface area contributed by atoms with Gasteiger partial charge in [0.05, 0.1) is 11.1 Å². The van der Waals surface area contributed by atoms with Crippen LogP contribution in [-0.4, -0.2) is 33.8 Å². The Balaban J connectivity index is 1.95. The maximum Gasteiger partial charge on any atom is 0.327 e. The highest BCUT2D eigenvalue weighted by atomic mass is 19.1. The number of amides is 2. The zero-order valence-corrected chi connectivity index (χ0v) is 11.9. The van der Waals surface area contributed by atoms with Gasteiger partial charge in [-0.1, -0.05) is 24.3 Å². The van der Waals surface area contributed by atoms with E-state index in [9.17, 15) is 23.9 Å². The van der Waals surface area contributed by atoms with Gasteiger partial charge in [-0.3, -0.25) is 14.5 Å². The van der Waals surface area contributed by atoms with Crippen LogP contribution in [0.15, 0.2) is 48.5 Å². The van der Waals surface area contributed by atoms with E-state index in [1.807, 2.05) is 0 Å². The van der Waals surface area contributed by atoms with E-state index in [0.29, 0.717) is 5.56 Å². The van der Waals surface area contributed by atoms with Gasteiger partial charge in [-0.05, 0) is 29.8 Å². The summed E-state index contributed by atoms with van der Waals surface area (Å²) in [6.45, 7) is 0. The molecule has 0 spiro atoms. The standard InChI is InChI=1S/C17H12FNO4/c18-11-5-3-4-10(8-11)9-14(17(22)23)19-15(20)12-6-1-2-7-13(12)16(19)21/h1-8,14H,9H2,(H,22,23). The summed E-state index contributed by atoms with van der Waals surface area (Å²) in [5.74, 6) is -3.11. The fourth-order valence-corrected chi connectivity index (χ4v) is 2.67. The van der Waals surface area contributed by atoms with Crippen LogP contribution < -0.4 is 0 Å². The fourth-order valence-electron chi connectivity index (χ4n) is 2.67. The summed E-state index contributed by atoms with van der Waals surface area (Å²) in [5.41, 5.74) is 0.764. The first kappa shape index (κ1) is 14.9. The third kappa shape index (κ3) is 2.59. The van der Waals surface area contributed by atoms with Crippen LogP contribution >= 0.6 is 0 Å². The van der Waals surface area contributed by atoms with Crippen molar-refractivity contribution in [2.75, 3.05) is 0 Å². The molecule has 1 N–H and O–H groups in total. The quantitative estimate of drug-likeness (QED) is 0.877. The van der Waals surface area contributed by atoms with Gasteiger partial charge in [-0.15, -0.1) is 0 Å². The molecule has 116 valence electrons. The van der Waals surface area contributed by atoms with Crippen LogP contribution in [-0.2, 0) is 11.2 Å². The van der Waals surface area contributed by atoms with E-state index in [-0.39, 0.29) is 17.5 Å². The SMILES string of the molecule is O=C(O)C(Cc1cccc(F)c1)N1C(=O)c2ccccc2C1=O. The van der Waals surface area contributed by atoms with Crippen molar-refractivity contribution >= 4 is 17.8 Å². The Morgan fingerprint density at radius 2 is 1.65 bits per heavy atom. The number of aliphatic carboxylic acids is 1. The molecule has 1 unspecified atom stereocenters. The molecule has 2 amide bonds. The number of rotatable bonds is 4. The number of nitrogens with zero attached hydrogens (tertiary/aromatic N) is 1. The Hall–Kier alpha value is -3.02. The van der Waals surface area contributed by atoms with E-state index in [0.717, 1.165) is 4.90 Å². The van der Waals surface area contributed by atoms with Gasteiger partial charge >= 0.3 is 5.97 Å². The summed E-state index contributed by atoms with van der Waals surface area (Å²) >= 11 is 0. The molecule has 1 atom stereocenters. The molecule has 23 heavy (non-hydrogen) atoms. The molecule has 2 aromatic rings. The number of imide groups is 1. The molecule has 1 aliphatic heterocycles. The first-order valence-electron chi connectivity index (χ1n) is 6.93. The Kier molecular flexibility index (Phi) is 3.65. The Bertz CT molecular complexity index is 783. The number of carboxylic acids is 1. The first-order valence-corrected chi connectivity index (χ1v) is 6.93. The number of carbonyl (C=O) groups excluding carboxylic acids is 2. The van der Waals surface area contributed by atoms with Crippen molar-refractivity contribution in [1.29, 1.82) is 0 Å². The molecule has 0 saturated carbocycles. The maximum atomic E-state index is 13.3. The van der Waals surface area contributed by atoms with Gasteiger partial charge in [0, 0.05) is 6.42 Å². The monoisotopic (exact) mass is 313 g/mol.